The van der Waals surface area contributed by atoms with Gasteiger partial charge in [-0.25, -0.2) is 19.7 Å². The van der Waals surface area contributed by atoms with Crippen LogP contribution in [0.3, 0.4) is 0 Å². The second-order valence-corrected chi connectivity index (χ2v) is 10.6. The summed E-state index contributed by atoms with van der Waals surface area (Å²) in [5.74, 6) is -0.0867. The Hall–Kier alpha value is -4.22. The fourth-order valence-corrected chi connectivity index (χ4v) is 5.71. The lowest BCUT2D eigenvalue weighted by Crippen LogP contribution is -2.35. The van der Waals surface area contributed by atoms with Crippen molar-refractivity contribution in [2.45, 2.75) is 31.7 Å². The van der Waals surface area contributed by atoms with Gasteiger partial charge < -0.3 is 14.7 Å². The second kappa shape index (κ2) is 11.0. The Morgan fingerprint density at radius 1 is 1.10 bits per heavy atom. The van der Waals surface area contributed by atoms with Gasteiger partial charge in [0, 0.05) is 31.9 Å². The van der Waals surface area contributed by atoms with Gasteiger partial charge in [-0.05, 0) is 49.6 Å². The van der Waals surface area contributed by atoms with Gasteiger partial charge in [0.1, 0.15) is 28.8 Å². The molecule has 6 heterocycles. The number of pyridine rings is 4. The van der Waals surface area contributed by atoms with Crippen molar-refractivity contribution in [1.82, 2.24) is 19.5 Å². The van der Waals surface area contributed by atoms with E-state index < -0.39 is 17.0 Å². The van der Waals surface area contributed by atoms with Gasteiger partial charge in [0.25, 0.3) is 0 Å². The smallest absolute Gasteiger partial charge is 0.341 e. The zero-order valence-corrected chi connectivity index (χ0v) is 23.2. The van der Waals surface area contributed by atoms with Gasteiger partial charge in [0.05, 0.1) is 28.3 Å². The van der Waals surface area contributed by atoms with E-state index in [2.05, 4.69) is 9.97 Å². The van der Waals surface area contributed by atoms with Gasteiger partial charge in [0.2, 0.25) is 17.2 Å². The molecular formula is C28H24Cl2N6O5. The van der Waals surface area contributed by atoms with E-state index >= 15 is 0 Å². The van der Waals surface area contributed by atoms with Gasteiger partial charge >= 0.3 is 5.97 Å². The molecule has 41 heavy (non-hydrogen) atoms. The first-order chi connectivity index (χ1) is 19.8. The average molecular weight is 595 g/mol. The number of ether oxygens (including phenoxy) is 1. The van der Waals surface area contributed by atoms with Crippen molar-refractivity contribution in [3.05, 3.63) is 74.8 Å². The van der Waals surface area contributed by atoms with Crippen LogP contribution >= 0.6 is 23.2 Å². The number of anilines is 2. The van der Waals surface area contributed by atoms with E-state index in [-0.39, 0.29) is 34.6 Å². The highest BCUT2D eigenvalue weighted by Gasteiger charge is 2.30. The standard InChI is InChI=1S/C28H24Cl2N6O5/c29-20-5-1-9-31-27(20)41-15-17-4-2-10-34(17)26-21(30)12-18-24(38)19(28(39)40)14-36(25(18)33-26)16-7-8-22(32-13-16)35-11-3-6-23(35)37/h1,5,7-9,12-14,17H,2-4,6,10-11,15H2,(H,39,40)/t17-/m1/s1. The topological polar surface area (TPSA) is 131 Å². The fraction of sp³-hybridized carbons (Fsp3) is 0.286. The lowest BCUT2D eigenvalue weighted by Gasteiger charge is -2.27. The van der Waals surface area contributed by atoms with Crippen molar-refractivity contribution in [1.29, 1.82) is 0 Å². The van der Waals surface area contributed by atoms with E-state index in [9.17, 15) is 19.5 Å². The van der Waals surface area contributed by atoms with Crippen LogP contribution in [0, 0.1) is 0 Å². The number of hydrogen-bond donors (Lipinski definition) is 1. The maximum absolute atomic E-state index is 13.2. The summed E-state index contributed by atoms with van der Waals surface area (Å²) in [5, 5.41) is 10.4. The number of rotatable bonds is 7. The first kappa shape index (κ1) is 27.0. The number of halogens is 2. The molecule has 13 heteroatoms. The van der Waals surface area contributed by atoms with Crippen LogP contribution in [-0.2, 0) is 4.79 Å². The number of carbonyl (C=O) groups is 2. The zero-order chi connectivity index (χ0) is 28.7. The Morgan fingerprint density at radius 2 is 1.95 bits per heavy atom. The van der Waals surface area contributed by atoms with Gasteiger partial charge in [0.15, 0.2) is 5.65 Å². The molecule has 4 aromatic heterocycles. The van der Waals surface area contributed by atoms with Crippen molar-refractivity contribution < 1.29 is 19.4 Å². The molecule has 0 spiro atoms. The maximum Gasteiger partial charge on any atom is 0.341 e. The third-order valence-corrected chi connectivity index (χ3v) is 7.86. The number of nitrogens with zero attached hydrogens (tertiary/aromatic N) is 6. The second-order valence-electron chi connectivity index (χ2n) is 9.83. The number of aromatic nitrogens is 4. The van der Waals surface area contributed by atoms with Crippen LogP contribution in [0.25, 0.3) is 16.7 Å². The van der Waals surface area contributed by atoms with Crippen LogP contribution in [0.2, 0.25) is 10.0 Å². The van der Waals surface area contributed by atoms with Crippen molar-refractivity contribution in [3.63, 3.8) is 0 Å². The van der Waals surface area contributed by atoms with Crippen LogP contribution in [0.4, 0.5) is 11.6 Å². The molecule has 1 atom stereocenters. The molecule has 1 amide bonds. The van der Waals surface area contributed by atoms with Crippen LogP contribution in [0.5, 0.6) is 5.88 Å². The van der Waals surface area contributed by atoms with Crippen molar-refractivity contribution in [3.8, 4) is 11.6 Å². The molecule has 2 aliphatic heterocycles. The molecule has 210 valence electrons. The summed E-state index contributed by atoms with van der Waals surface area (Å²) in [6, 6.07) is 8.20. The van der Waals surface area contributed by atoms with Gasteiger partial charge in [-0.15, -0.1) is 0 Å². The molecule has 0 unspecified atom stereocenters. The molecule has 11 nitrogen and oxygen atoms in total. The molecule has 0 bridgehead atoms. The molecule has 2 fully saturated rings. The monoisotopic (exact) mass is 594 g/mol. The minimum atomic E-state index is -1.37. The van der Waals surface area contributed by atoms with E-state index in [1.165, 1.54) is 23.0 Å². The number of amides is 1. The van der Waals surface area contributed by atoms with Crippen LogP contribution in [0.1, 0.15) is 36.0 Å². The Bertz CT molecular complexity index is 1730. The summed E-state index contributed by atoms with van der Waals surface area (Å²) in [6.45, 7) is 1.53. The predicted molar refractivity (Wildman–Crippen MR) is 154 cm³/mol. The Balaban J connectivity index is 1.40. The number of carboxylic acids is 1. The first-order valence-electron chi connectivity index (χ1n) is 13.1. The van der Waals surface area contributed by atoms with Crippen LogP contribution in [0.15, 0.2) is 53.7 Å². The van der Waals surface area contributed by atoms with E-state index in [0.717, 1.165) is 19.3 Å². The lowest BCUT2D eigenvalue weighted by atomic mass is 10.1. The molecular weight excluding hydrogens is 571 g/mol. The Morgan fingerprint density at radius 3 is 2.66 bits per heavy atom. The summed E-state index contributed by atoms with van der Waals surface area (Å²) in [4.78, 5) is 54.3. The number of fused-ring (bicyclic) bond motifs is 1. The Kier molecular flexibility index (Phi) is 7.22. The minimum Gasteiger partial charge on any atom is -0.477 e. The highest BCUT2D eigenvalue weighted by molar-refractivity contribution is 6.33. The lowest BCUT2D eigenvalue weighted by molar-refractivity contribution is -0.117. The number of carbonyl (C=O) groups excluding carboxylic acids is 1. The largest absolute Gasteiger partial charge is 0.477 e. The third kappa shape index (κ3) is 5.07. The molecule has 0 aliphatic carbocycles. The molecule has 4 aromatic rings. The fourth-order valence-electron chi connectivity index (χ4n) is 5.28. The summed E-state index contributed by atoms with van der Waals surface area (Å²) >= 11 is 12.9. The van der Waals surface area contributed by atoms with Gasteiger partial charge in [-0.3, -0.25) is 19.1 Å². The first-order valence-corrected chi connectivity index (χ1v) is 13.8. The van der Waals surface area contributed by atoms with Gasteiger partial charge in [-0.2, -0.15) is 0 Å². The van der Waals surface area contributed by atoms with E-state index in [0.29, 0.717) is 47.7 Å². The average Bonchev–Trinajstić information content (AvgIpc) is 3.61. The molecule has 6 rings (SSSR count). The molecule has 0 saturated carbocycles. The molecule has 1 N–H and O–H groups in total. The molecule has 0 aromatic carbocycles. The molecule has 2 saturated heterocycles. The number of aromatic carboxylic acids is 1. The SMILES string of the molecule is O=C(O)c1cn(-c2ccc(N3CCCC3=O)nc2)c2nc(N3CCC[C@@H]3COc3ncccc3Cl)c(Cl)cc2c1=O. The van der Waals surface area contributed by atoms with E-state index in [1.54, 1.807) is 35.4 Å². The minimum absolute atomic E-state index is 0.00244. The normalized spacial score (nSPS) is 17.0. The molecule has 2 aliphatic rings. The van der Waals surface area contributed by atoms with Crippen molar-refractivity contribution >= 4 is 57.7 Å². The third-order valence-electron chi connectivity index (χ3n) is 7.29. The maximum atomic E-state index is 13.2. The summed E-state index contributed by atoms with van der Waals surface area (Å²) in [5.41, 5.74) is -0.421. The number of carboxylic acid groups (broad SMARTS) is 1. The molecule has 0 radical (unpaired) electrons. The van der Waals surface area contributed by atoms with Crippen LogP contribution < -0.4 is 20.0 Å². The van der Waals surface area contributed by atoms with Crippen LogP contribution in [-0.4, -0.2) is 62.2 Å². The summed E-state index contributed by atoms with van der Waals surface area (Å²) < 4.78 is 7.41. The van der Waals surface area contributed by atoms with E-state index in [1.807, 2.05) is 4.90 Å². The van der Waals surface area contributed by atoms with E-state index in [4.69, 9.17) is 32.9 Å². The highest BCUT2D eigenvalue weighted by atomic mass is 35.5. The Labute approximate surface area is 243 Å². The van der Waals surface area contributed by atoms with Crippen molar-refractivity contribution in [2.24, 2.45) is 0 Å². The quantitative estimate of drug-likeness (QED) is 0.331. The number of hydrogen-bond acceptors (Lipinski definition) is 8. The van der Waals surface area contributed by atoms with Gasteiger partial charge in [-0.1, -0.05) is 23.2 Å². The van der Waals surface area contributed by atoms with Crippen molar-refractivity contribution in [2.75, 3.05) is 29.5 Å². The highest BCUT2D eigenvalue weighted by Crippen LogP contribution is 2.33. The summed E-state index contributed by atoms with van der Waals surface area (Å²) in [6.07, 6.45) is 7.28. The zero-order valence-electron chi connectivity index (χ0n) is 21.7. The predicted octanol–water partition coefficient (Wildman–Crippen LogP) is 4.36. The summed E-state index contributed by atoms with van der Waals surface area (Å²) in [7, 11) is 0.